The average Bonchev–Trinajstić information content (AvgIpc) is 2.99. The van der Waals surface area contributed by atoms with E-state index in [0.717, 1.165) is 36.0 Å². The lowest BCUT2D eigenvalue weighted by molar-refractivity contribution is -0.139. The molecule has 0 bridgehead atoms. The van der Waals surface area contributed by atoms with Crippen LogP contribution in [0.5, 0.6) is 0 Å². The van der Waals surface area contributed by atoms with E-state index in [1.54, 1.807) is 30.3 Å². The van der Waals surface area contributed by atoms with Gasteiger partial charge >= 0.3 is 6.03 Å². The standard InChI is InChI=1S/C21H23N5O4S/c1-2-12-25-17(28)14-8-4-5-9-15(14)22-20(25)31-13-16(27)24-26-18(29)21(23-19(26)30)10-6-3-7-11-21/h2,4-5,8-9H,1,3,6-7,10-13H2,(H,23,30)(H,24,27). The summed E-state index contributed by atoms with van der Waals surface area (Å²) in [6, 6.07) is 6.37. The Labute approximate surface area is 182 Å². The summed E-state index contributed by atoms with van der Waals surface area (Å²) in [6.45, 7) is 3.92. The Morgan fingerprint density at radius 3 is 2.71 bits per heavy atom. The Hall–Kier alpha value is -3.14. The smallest absolute Gasteiger partial charge is 0.322 e. The topological polar surface area (TPSA) is 113 Å². The van der Waals surface area contributed by atoms with Gasteiger partial charge in [0.2, 0.25) is 5.91 Å². The molecule has 1 saturated carbocycles. The van der Waals surface area contributed by atoms with E-state index in [2.05, 4.69) is 22.3 Å². The minimum Gasteiger partial charge on any atom is -0.322 e. The predicted octanol–water partition coefficient (Wildman–Crippen LogP) is 1.96. The molecule has 4 amide bonds. The number of hydrogen-bond donors (Lipinski definition) is 2. The van der Waals surface area contributed by atoms with Crippen LogP contribution in [0.15, 0.2) is 46.9 Å². The maximum Gasteiger partial charge on any atom is 0.344 e. The number of thioether (sulfide) groups is 1. The molecule has 2 fully saturated rings. The van der Waals surface area contributed by atoms with Crippen LogP contribution in [0.2, 0.25) is 0 Å². The van der Waals surface area contributed by atoms with Crippen LogP contribution in [0, 0.1) is 0 Å². The number of carbonyl (C=O) groups is 3. The van der Waals surface area contributed by atoms with E-state index in [0.29, 0.717) is 28.9 Å². The van der Waals surface area contributed by atoms with Gasteiger partial charge in [0.05, 0.1) is 16.7 Å². The molecule has 4 rings (SSSR count). The Balaban J connectivity index is 1.48. The summed E-state index contributed by atoms with van der Waals surface area (Å²) in [5, 5.41) is 4.37. The molecule has 0 atom stereocenters. The van der Waals surface area contributed by atoms with Gasteiger partial charge in [0, 0.05) is 6.54 Å². The highest BCUT2D eigenvalue weighted by Crippen LogP contribution is 2.33. The normalized spacial score (nSPS) is 17.7. The lowest BCUT2D eigenvalue weighted by atomic mass is 9.82. The number of para-hydroxylation sites is 1. The van der Waals surface area contributed by atoms with Gasteiger partial charge in [-0.2, -0.15) is 5.01 Å². The van der Waals surface area contributed by atoms with Gasteiger partial charge in [-0.05, 0) is 25.0 Å². The molecule has 2 N–H and O–H groups in total. The fraction of sp³-hybridized carbons (Fsp3) is 0.381. The van der Waals surface area contributed by atoms with Crippen LogP contribution in [-0.4, -0.2) is 43.7 Å². The molecule has 1 aromatic carbocycles. The number of aromatic nitrogens is 2. The fourth-order valence-corrected chi connectivity index (χ4v) is 4.85. The number of nitrogens with one attached hydrogen (secondary N) is 2. The van der Waals surface area contributed by atoms with E-state index >= 15 is 0 Å². The van der Waals surface area contributed by atoms with Gasteiger partial charge in [0.25, 0.3) is 11.5 Å². The molecule has 1 aliphatic heterocycles. The first-order valence-electron chi connectivity index (χ1n) is 10.1. The van der Waals surface area contributed by atoms with E-state index in [1.807, 2.05) is 0 Å². The van der Waals surface area contributed by atoms with Crippen molar-refractivity contribution in [2.24, 2.45) is 0 Å². The number of nitrogens with zero attached hydrogens (tertiary/aromatic N) is 3. The minimum atomic E-state index is -0.903. The second-order valence-electron chi connectivity index (χ2n) is 7.65. The van der Waals surface area contributed by atoms with Gasteiger partial charge in [0.1, 0.15) is 5.54 Å². The molecule has 9 nitrogen and oxygen atoms in total. The van der Waals surface area contributed by atoms with Crippen molar-refractivity contribution < 1.29 is 14.4 Å². The van der Waals surface area contributed by atoms with Crippen molar-refractivity contribution in [1.82, 2.24) is 25.3 Å². The third-order valence-corrected chi connectivity index (χ3v) is 6.55. The first kappa shape index (κ1) is 21.1. The third-order valence-electron chi connectivity index (χ3n) is 5.58. The zero-order valence-electron chi connectivity index (χ0n) is 16.9. The number of hydrogen-bond acceptors (Lipinski definition) is 6. The number of amides is 4. The van der Waals surface area contributed by atoms with Gasteiger partial charge in [-0.25, -0.2) is 9.78 Å². The highest BCUT2D eigenvalue weighted by atomic mass is 32.2. The molecule has 2 aromatic rings. The molecule has 0 unspecified atom stereocenters. The lowest BCUT2D eigenvalue weighted by Gasteiger charge is -2.30. The van der Waals surface area contributed by atoms with E-state index in [-0.39, 0.29) is 17.9 Å². The molecule has 1 aromatic heterocycles. The van der Waals surface area contributed by atoms with Crippen LogP contribution >= 0.6 is 11.8 Å². The number of carbonyl (C=O) groups excluding carboxylic acids is 3. The number of rotatable bonds is 6. The average molecular weight is 442 g/mol. The van der Waals surface area contributed by atoms with Gasteiger partial charge in [-0.1, -0.05) is 49.2 Å². The van der Waals surface area contributed by atoms with E-state index in [9.17, 15) is 19.2 Å². The molecule has 1 aliphatic carbocycles. The predicted molar refractivity (Wildman–Crippen MR) is 116 cm³/mol. The molecule has 1 spiro atoms. The minimum absolute atomic E-state index is 0.119. The third kappa shape index (κ3) is 3.95. The summed E-state index contributed by atoms with van der Waals surface area (Å²) in [5.41, 5.74) is 1.81. The first-order chi connectivity index (χ1) is 14.9. The van der Waals surface area contributed by atoms with Crippen LogP contribution in [0.4, 0.5) is 4.79 Å². The highest BCUT2D eigenvalue weighted by Gasteiger charge is 2.52. The van der Waals surface area contributed by atoms with Crippen LogP contribution < -0.4 is 16.3 Å². The Morgan fingerprint density at radius 2 is 1.97 bits per heavy atom. The molecule has 2 heterocycles. The second kappa shape index (κ2) is 8.54. The van der Waals surface area contributed by atoms with Crippen molar-refractivity contribution in [2.45, 2.75) is 49.3 Å². The summed E-state index contributed by atoms with van der Waals surface area (Å²) in [7, 11) is 0. The van der Waals surface area contributed by atoms with Crippen LogP contribution in [0.1, 0.15) is 32.1 Å². The first-order valence-corrected chi connectivity index (χ1v) is 11.1. The van der Waals surface area contributed by atoms with Crippen molar-refractivity contribution in [1.29, 1.82) is 0 Å². The number of fused-ring (bicyclic) bond motifs is 1. The summed E-state index contributed by atoms with van der Waals surface area (Å²) >= 11 is 1.06. The quantitative estimate of drug-likeness (QED) is 0.307. The second-order valence-corrected chi connectivity index (χ2v) is 8.60. The maximum atomic E-state index is 12.8. The van der Waals surface area contributed by atoms with Crippen molar-refractivity contribution in [3.8, 4) is 0 Å². The molecule has 10 heteroatoms. The number of hydrazine groups is 1. The molecule has 162 valence electrons. The Kier molecular flexibility index (Phi) is 5.81. The van der Waals surface area contributed by atoms with Gasteiger partial charge < -0.3 is 5.32 Å². The summed E-state index contributed by atoms with van der Waals surface area (Å²) in [5.74, 6) is -1.07. The molecular weight excluding hydrogens is 418 g/mol. The summed E-state index contributed by atoms with van der Waals surface area (Å²) in [6.07, 6.45) is 5.48. The molecular formula is C21H23N5O4S. The van der Waals surface area contributed by atoms with E-state index in [1.165, 1.54) is 4.57 Å². The fourth-order valence-electron chi connectivity index (χ4n) is 4.05. The van der Waals surface area contributed by atoms with E-state index in [4.69, 9.17) is 0 Å². The zero-order valence-corrected chi connectivity index (χ0v) is 17.7. The molecule has 31 heavy (non-hydrogen) atoms. The van der Waals surface area contributed by atoms with Gasteiger partial charge in [0.15, 0.2) is 5.16 Å². The van der Waals surface area contributed by atoms with Crippen LogP contribution in [0.3, 0.4) is 0 Å². The zero-order chi connectivity index (χ0) is 22.0. The monoisotopic (exact) mass is 441 g/mol. The number of urea groups is 1. The highest BCUT2D eigenvalue weighted by molar-refractivity contribution is 7.99. The van der Waals surface area contributed by atoms with Crippen molar-refractivity contribution in [3.63, 3.8) is 0 Å². The van der Waals surface area contributed by atoms with Crippen LogP contribution in [0.25, 0.3) is 10.9 Å². The summed E-state index contributed by atoms with van der Waals surface area (Å²) in [4.78, 5) is 54.9. The largest absolute Gasteiger partial charge is 0.344 e. The lowest BCUT2D eigenvalue weighted by Crippen LogP contribution is -2.51. The number of benzene rings is 1. The van der Waals surface area contributed by atoms with Crippen molar-refractivity contribution in [2.75, 3.05) is 5.75 Å². The summed E-state index contributed by atoms with van der Waals surface area (Å²) < 4.78 is 1.44. The van der Waals surface area contributed by atoms with Gasteiger partial charge in [-0.15, -0.1) is 6.58 Å². The SMILES string of the molecule is C=CCn1c(SCC(=O)NN2C(=O)NC3(CCCCC3)C2=O)nc2ccccc2c1=O. The Bertz CT molecular complexity index is 1120. The number of allylic oxidation sites excluding steroid dienone is 1. The Morgan fingerprint density at radius 1 is 1.23 bits per heavy atom. The molecule has 0 radical (unpaired) electrons. The molecule has 1 saturated heterocycles. The molecule has 2 aliphatic rings. The van der Waals surface area contributed by atoms with Crippen LogP contribution in [-0.2, 0) is 16.1 Å². The van der Waals surface area contributed by atoms with Gasteiger partial charge in [-0.3, -0.25) is 24.4 Å². The maximum absolute atomic E-state index is 12.8. The van der Waals surface area contributed by atoms with Crippen molar-refractivity contribution in [3.05, 3.63) is 47.3 Å². The number of imide groups is 1. The van der Waals surface area contributed by atoms with Crippen molar-refractivity contribution >= 4 is 40.5 Å². The van der Waals surface area contributed by atoms with E-state index < -0.39 is 23.4 Å².